The molecule has 0 spiro atoms. The molecule has 0 saturated heterocycles. The molecule has 1 aromatic heterocycles. The van der Waals surface area contributed by atoms with E-state index in [2.05, 4.69) is 16.5 Å². The minimum atomic E-state index is -0.471. The number of hydrogen-bond acceptors (Lipinski definition) is 4. The Hall–Kier alpha value is -3.92. The maximum absolute atomic E-state index is 13.0. The zero-order valence-electron chi connectivity index (χ0n) is 16.1. The molecule has 1 aliphatic rings. The van der Waals surface area contributed by atoms with Crippen LogP contribution in [0.15, 0.2) is 54.6 Å². The number of likely N-dealkylation sites (N-methyl/N-ethyl adjacent to an activating group) is 1. The van der Waals surface area contributed by atoms with Crippen LogP contribution in [0.2, 0.25) is 0 Å². The largest absolute Gasteiger partial charge is 0.341 e. The minimum absolute atomic E-state index is 0.0813. The van der Waals surface area contributed by atoms with Gasteiger partial charge in [0.1, 0.15) is 0 Å². The van der Waals surface area contributed by atoms with Crippen molar-refractivity contribution in [1.82, 2.24) is 14.7 Å². The Kier molecular flexibility index (Phi) is 4.61. The van der Waals surface area contributed by atoms with Gasteiger partial charge in [-0.3, -0.25) is 9.59 Å². The lowest BCUT2D eigenvalue weighted by Crippen LogP contribution is -2.41. The predicted molar refractivity (Wildman–Crippen MR) is 108 cm³/mol. The van der Waals surface area contributed by atoms with Gasteiger partial charge in [-0.2, -0.15) is 5.26 Å². The summed E-state index contributed by atoms with van der Waals surface area (Å²) in [6.07, 6.45) is 0. The van der Waals surface area contributed by atoms with Gasteiger partial charge in [0.05, 0.1) is 23.2 Å². The van der Waals surface area contributed by atoms with Crippen LogP contribution in [0.4, 0.5) is 5.82 Å². The summed E-state index contributed by atoms with van der Waals surface area (Å²) in [6, 6.07) is 18.2. The van der Waals surface area contributed by atoms with Crippen LogP contribution in [0, 0.1) is 18.3 Å². The second-order valence-corrected chi connectivity index (χ2v) is 7.06. The van der Waals surface area contributed by atoms with Crippen LogP contribution in [0.5, 0.6) is 0 Å². The lowest BCUT2D eigenvalue weighted by molar-refractivity contribution is -0.118. The molecule has 0 aliphatic carbocycles. The zero-order valence-corrected chi connectivity index (χ0v) is 16.1. The number of amides is 2. The van der Waals surface area contributed by atoms with E-state index in [1.807, 2.05) is 25.1 Å². The number of benzene rings is 2. The first-order valence-corrected chi connectivity index (χ1v) is 9.20. The van der Waals surface area contributed by atoms with Gasteiger partial charge < -0.3 is 10.2 Å². The summed E-state index contributed by atoms with van der Waals surface area (Å²) in [5, 5.41) is 16.5. The quantitative estimate of drug-likeness (QED) is 0.750. The van der Waals surface area contributed by atoms with Crippen LogP contribution in [0.3, 0.4) is 0 Å². The molecule has 7 nitrogen and oxygen atoms in total. The van der Waals surface area contributed by atoms with E-state index in [-0.39, 0.29) is 11.8 Å². The number of aromatic nitrogens is 2. The highest BCUT2D eigenvalue weighted by atomic mass is 16.2. The highest BCUT2D eigenvalue weighted by Crippen LogP contribution is 2.28. The second kappa shape index (κ2) is 7.24. The fourth-order valence-electron chi connectivity index (χ4n) is 3.60. The molecule has 1 N–H and O–H groups in total. The molecule has 1 atom stereocenters. The van der Waals surface area contributed by atoms with E-state index in [0.29, 0.717) is 23.5 Å². The Labute approximate surface area is 168 Å². The standard InChI is InChI=1S/C22H19N5O2/c1-14-10-20(25-27(14)16-7-5-6-15(11-16)12-23)24-21(28)19-13-26(2)22(29)18-9-4-3-8-17(18)19/h3-11,19H,13H2,1-2H3,(H,24,25,28). The summed E-state index contributed by atoms with van der Waals surface area (Å²) in [5.41, 5.74) is 3.39. The molecule has 0 radical (unpaired) electrons. The average molecular weight is 385 g/mol. The molecular formula is C22H19N5O2. The molecule has 4 rings (SSSR count). The molecule has 2 heterocycles. The number of nitrogens with zero attached hydrogens (tertiary/aromatic N) is 4. The Morgan fingerprint density at radius 3 is 2.79 bits per heavy atom. The highest BCUT2D eigenvalue weighted by Gasteiger charge is 2.33. The van der Waals surface area contributed by atoms with Gasteiger partial charge in [0, 0.05) is 30.9 Å². The third-order valence-electron chi connectivity index (χ3n) is 5.04. The molecule has 0 bridgehead atoms. The number of nitrogens with one attached hydrogen (secondary N) is 1. The van der Waals surface area contributed by atoms with Gasteiger partial charge in [0.25, 0.3) is 5.91 Å². The van der Waals surface area contributed by atoms with Crippen LogP contribution >= 0.6 is 0 Å². The number of carbonyl (C=O) groups excluding carboxylic acids is 2. The summed E-state index contributed by atoms with van der Waals surface area (Å²) in [6.45, 7) is 2.19. The van der Waals surface area contributed by atoms with Crippen LogP contribution in [0.25, 0.3) is 5.69 Å². The summed E-state index contributed by atoms with van der Waals surface area (Å²) < 4.78 is 1.68. The first kappa shape index (κ1) is 18.4. The molecule has 1 aliphatic heterocycles. The minimum Gasteiger partial charge on any atom is -0.341 e. The average Bonchev–Trinajstić information content (AvgIpc) is 3.10. The van der Waals surface area contributed by atoms with Crippen LogP contribution in [0.1, 0.15) is 33.1 Å². The number of carbonyl (C=O) groups is 2. The van der Waals surface area contributed by atoms with E-state index < -0.39 is 5.92 Å². The predicted octanol–water partition coefficient (Wildman–Crippen LogP) is 2.86. The number of aryl methyl sites for hydroxylation is 1. The third kappa shape index (κ3) is 3.36. The molecular weight excluding hydrogens is 366 g/mol. The zero-order chi connectivity index (χ0) is 20.5. The summed E-state index contributed by atoms with van der Waals surface area (Å²) in [4.78, 5) is 26.9. The Bertz CT molecular complexity index is 1160. The molecule has 29 heavy (non-hydrogen) atoms. The summed E-state index contributed by atoms with van der Waals surface area (Å²) in [7, 11) is 1.69. The van der Waals surface area contributed by atoms with Gasteiger partial charge in [-0.05, 0) is 36.8 Å². The fourth-order valence-corrected chi connectivity index (χ4v) is 3.60. The topological polar surface area (TPSA) is 91.0 Å². The van der Waals surface area contributed by atoms with Crippen molar-refractivity contribution in [2.75, 3.05) is 18.9 Å². The van der Waals surface area contributed by atoms with Crippen molar-refractivity contribution in [3.8, 4) is 11.8 Å². The Balaban J connectivity index is 1.61. The first-order valence-electron chi connectivity index (χ1n) is 9.20. The number of fused-ring (bicyclic) bond motifs is 1. The van der Waals surface area contributed by atoms with Gasteiger partial charge in [0.15, 0.2) is 5.82 Å². The molecule has 0 saturated carbocycles. The van der Waals surface area contributed by atoms with Gasteiger partial charge in [-0.25, -0.2) is 4.68 Å². The maximum Gasteiger partial charge on any atom is 0.253 e. The fraction of sp³-hybridized carbons (Fsp3) is 0.182. The van der Waals surface area contributed by atoms with Crippen molar-refractivity contribution in [2.24, 2.45) is 0 Å². The van der Waals surface area contributed by atoms with Crippen molar-refractivity contribution < 1.29 is 9.59 Å². The first-order chi connectivity index (χ1) is 14.0. The molecule has 2 aromatic carbocycles. The van der Waals surface area contributed by atoms with E-state index in [1.165, 1.54) is 0 Å². The van der Waals surface area contributed by atoms with E-state index in [9.17, 15) is 9.59 Å². The van der Waals surface area contributed by atoms with E-state index in [1.54, 1.807) is 53.0 Å². The molecule has 7 heteroatoms. The smallest absolute Gasteiger partial charge is 0.253 e. The number of anilines is 1. The number of nitriles is 1. The lowest BCUT2D eigenvalue weighted by atomic mass is 9.89. The van der Waals surface area contributed by atoms with Crippen molar-refractivity contribution in [3.05, 3.63) is 77.0 Å². The van der Waals surface area contributed by atoms with Crippen LogP contribution < -0.4 is 5.32 Å². The molecule has 2 amide bonds. The normalized spacial score (nSPS) is 15.6. The van der Waals surface area contributed by atoms with E-state index in [4.69, 9.17) is 5.26 Å². The lowest BCUT2D eigenvalue weighted by Gasteiger charge is -2.30. The SMILES string of the molecule is Cc1cc(NC(=O)C2CN(C)C(=O)c3ccccc32)nn1-c1cccc(C#N)c1. The Morgan fingerprint density at radius 2 is 2.00 bits per heavy atom. The number of hydrogen-bond donors (Lipinski definition) is 1. The van der Waals surface area contributed by atoms with Gasteiger partial charge in [-0.15, -0.1) is 5.10 Å². The van der Waals surface area contributed by atoms with Gasteiger partial charge in [-0.1, -0.05) is 24.3 Å². The van der Waals surface area contributed by atoms with Crippen LogP contribution in [-0.2, 0) is 4.79 Å². The molecule has 1 unspecified atom stereocenters. The highest BCUT2D eigenvalue weighted by molar-refractivity contribution is 6.03. The number of rotatable bonds is 3. The maximum atomic E-state index is 13.0. The van der Waals surface area contributed by atoms with Crippen molar-refractivity contribution in [3.63, 3.8) is 0 Å². The molecule has 144 valence electrons. The van der Waals surface area contributed by atoms with E-state index in [0.717, 1.165) is 16.9 Å². The Morgan fingerprint density at radius 1 is 1.21 bits per heavy atom. The van der Waals surface area contributed by atoms with E-state index >= 15 is 0 Å². The monoisotopic (exact) mass is 385 g/mol. The third-order valence-corrected chi connectivity index (χ3v) is 5.04. The van der Waals surface area contributed by atoms with Gasteiger partial charge >= 0.3 is 0 Å². The van der Waals surface area contributed by atoms with Crippen LogP contribution in [-0.4, -0.2) is 40.1 Å². The van der Waals surface area contributed by atoms with Crippen molar-refractivity contribution >= 4 is 17.6 Å². The second-order valence-electron chi connectivity index (χ2n) is 7.06. The molecule has 3 aromatic rings. The molecule has 0 fully saturated rings. The summed E-state index contributed by atoms with van der Waals surface area (Å²) >= 11 is 0. The van der Waals surface area contributed by atoms with Gasteiger partial charge in [0.2, 0.25) is 5.91 Å². The summed E-state index contributed by atoms with van der Waals surface area (Å²) in [5.74, 6) is -0.345. The van der Waals surface area contributed by atoms with Crippen molar-refractivity contribution in [2.45, 2.75) is 12.8 Å². The van der Waals surface area contributed by atoms with Crippen molar-refractivity contribution in [1.29, 1.82) is 5.26 Å².